The molecular weight excluding hydrogens is 241 g/mol. The van der Waals surface area contributed by atoms with Gasteiger partial charge in [-0.3, -0.25) is 0 Å². The SMILES string of the molecule is CC#CCC(NCC)c1c(Cl)cccc1Cl. The Hall–Kier alpha value is -0.680. The Morgan fingerprint density at radius 3 is 2.44 bits per heavy atom. The maximum absolute atomic E-state index is 6.17. The topological polar surface area (TPSA) is 12.0 Å². The smallest absolute Gasteiger partial charge is 0.0469 e. The summed E-state index contributed by atoms with van der Waals surface area (Å²) in [5.41, 5.74) is 0.940. The molecule has 1 unspecified atom stereocenters. The summed E-state index contributed by atoms with van der Waals surface area (Å²) in [4.78, 5) is 0. The first-order valence-electron chi connectivity index (χ1n) is 5.27. The van der Waals surface area contributed by atoms with Crippen molar-refractivity contribution in [2.45, 2.75) is 26.3 Å². The third kappa shape index (κ3) is 3.42. The van der Waals surface area contributed by atoms with E-state index in [2.05, 4.69) is 24.1 Å². The van der Waals surface area contributed by atoms with Gasteiger partial charge in [-0.1, -0.05) is 36.2 Å². The van der Waals surface area contributed by atoms with Crippen LogP contribution in [0, 0.1) is 11.8 Å². The fraction of sp³-hybridized carbons (Fsp3) is 0.385. The third-order valence-electron chi connectivity index (χ3n) is 2.28. The van der Waals surface area contributed by atoms with Crippen molar-refractivity contribution in [3.05, 3.63) is 33.8 Å². The number of halogens is 2. The largest absolute Gasteiger partial charge is 0.309 e. The quantitative estimate of drug-likeness (QED) is 0.801. The Kier molecular flexibility index (Phi) is 5.69. The van der Waals surface area contributed by atoms with Crippen molar-refractivity contribution in [3.63, 3.8) is 0 Å². The molecule has 0 fully saturated rings. The zero-order valence-electron chi connectivity index (χ0n) is 9.48. The van der Waals surface area contributed by atoms with Crippen molar-refractivity contribution in [2.24, 2.45) is 0 Å². The molecule has 0 aliphatic carbocycles. The van der Waals surface area contributed by atoms with Crippen LogP contribution in [0.25, 0.3) is 0 Å². The van der Waals surface area contributed by atoms with Crippen molar-refractivity contribution >= 4 is 23.2 Å². The Bertz CT molecular complexity index is 384. The maximum Gasteiger partial charge on any atom is 0.0469 e. The van der Waals surface area contributed by atoms with Crippen molar-refractivity contribution in [1.29, 1.82) is 0 Å². The van der Waals surface area contributed by atoms with E-state index < -0.39 is 0 Å². The van der Waals surface area contributed by atoms with E-state index >= 15 is 0 Å². The van der Waals surface area contributed by atoms with Crippen LogP contribution in [-0.4, -0.2) is 6.54 Å². The van der Waals surface area contributed by atoms with E-state index in [1.165, 1.54) is 0 Å². The molecule has 0 radical (unpaired) electrons. The van der Waals surface area contributed by atoms with Gasteiger partial charge in [-0.15, -0.1) is 11.8 Å². The Morgan fingerprint density at radius 2 is 1.94 bits per heavy atom. The van der Waals surface area contributed by atoms with E-state index in [1.807, 2.05) is 25.1 Å². The van der Waals surface area contributed by atoms with E-state index in [0.717, 1.165) is 12.1 Å². The predicted octanol–water partition coefficient (Wildman–Crippen LogP) is 4.06. The van der Waals surface area contributed by atoms with E-state index in [0.29, 0.717) is 16.5 Å². The average molecular weight is 256 g/mol. The molecule has 3 heteroatoms. The van der Waals surface area contributed by atoms with Gasteiger partial charge < -0.3 is 5.32 Å². The van der Waals surface area contributed by atoms with Crippen LogP contribution in [0.3, 0.4) is 0 Å². The predicted molar refractivity (Wildman–Crippen MR) is 70.9 cm³/mol. The lowest BCUT2D eigenvalue weighted by Gasteiger charge is -2.18. The fourth-order valence-corrected chi connectivity index (χ4v) is 2.23. The van der Waals surface area contributed by atoms with Gasteiger partial charge in [0.1, 0.15) is 0 Å². The summed E-state index contributed by atoms with van der Waals surface area (Å²) in [5, 5.41) is 4.73. The minimum Gasteiger partial charge on any atom is -0.309 e. The Morgan fingerprint density at radius 1 is 1.31 bits per heavy atom. The molecule has 0 saturated carbocycles. The van der Waals surface area contributed by atoms with Crippen LogP contribution in [0.4, 0.5) is 0 Å². The van der Waals surface area contributed by atoms with Gasteiger partial charge in [0.2, 0.25) is 0 Å². The van der Waals surface area contributed by atoms with Gasteiger partial charge in [-0.2, -0.15) is 0 Å². The molecule has 16 heavy (non-hydrogen) atoms. The second kappa shape index (κ2) is 6.81. The summed E-state index contributed by atoms with van der Waals surface area (Å²) >= 11 is 12.3. The van der Waals surface area contributed by atoms with Crippen LogP contribution in [0.1, 0.15) is 31.9 Å². The van der Waals surface area contributed by atoms with Gasteiger partial charge in [0, 0.05) is 28.1 Å². The molecule has 0 aromatic heterocycles. The van der Waals surface area contributed by atoms with Gasteiger partial charge in [0.05, 0.1) is 0 Å². The van der Waals surface area contributed by atoms with Gasteiger partial charge in [0.25, 0.3) is 0 Å². The molecular formula is C13H15Cl2N. The standard InChI is InChI=1S/C13H15Cl2N/c1-3-5-9-12(16-4-2)13-10(14)7-6-8-11(13)15/h6-8,12,16H,4,9H2,1-2H3. The van der Waals surface area contributed by atoms with Gasteiger partial charge >= 0.3 is 0 Å². The summed E-state index contributed by atoms with van der Waals surface area (Å²) < 4.78 is 0. The highest BCUT2D eigenvalue weighted by Gasteiger charge is 2.15. The lowest BCUT2D eigenvalue weighted by Crippen LogP contribution is -2.21. The van der Waals surface area contributed by atoms with Crippen molar-refractivity contribution < 1.29 is 0 Å². The molecule has 0 aliphatic heterocycles. The molecule has 0 bridgehead atoms. The lowest BCUT2D eigenvalue weighted by atomic mass is 10.0. The molecule has 0 heterocycles. The number of hydrogen-bond donors (Lipinski definition) is 1. The first kappa shape index (κ1) is 13.4. The number of nitrogens with one attached hydrogen (secondary N) is 1. The molecule has 1 aromatic rings. The molecule has 1 rings (SSSR count). The molecule has 1 nitrogen and oxygen atoms in total. The van der Waals surface area contributed by atoms with E-state index in [9.17, 15) is 0 Å². The zero-order chi connectivity index (χ0) is 12.0. The zero-order valence-corrected chi connectivity index (χ0v) is 11.0. The molecule has 1 N–H and O–H groups in total. The highest BCUT2D eigenvalue weighted by atomic mass is 35.5. The van der Waals surface area contributed by atoms with Gasteiger partial charge in [-0.05, 0) is 25.6 Å². The number of benzene rings is 1. The van der Waals surface area contributed by atoms with Crippen LogP contribution in [-0.2, 0) is 0 Å². The summed E-state index contributed by atoms with van der Waals surface area (Å²) in [5.74, 6) is 5.95. The van der Waals surface area contributed by atoms with Crippen molar-refractivity contribution in [2.75, 3.05) is 6.54 Å². The molecule has 0 saturated heterocycles. The molecule has 0 spiro atoms. The summed E-state index contributed by atoms with van der Waals surface area (Å²) in [7, 11) is 0. The van der Waals surface area contributed by atoms with Crippen molar-refractivity contribution in [1.82, 2.24) is 5.32 Å². The molecule has 0 amide bonds. The van der Waals surface area contributed by atoms with Gasteiger partial charge in [0.15, 0.2) is 0 Å². The minimum absolute atomic E-state index is 0.0960. The average Bonchev–Trinajstić information content (AvgIpc) is 2.25. The van der Waals surface area contributed by atoms with E-state index in [4.69, 9.17) is 23.2 Å². The first-order valence-corrected chi connectivity index (χ1v) is 6.03. The molecule has 1 atom stereocenters. The van der Waals surface area contributed by atoms with E-state index in [1.54, 1.807) is 0 Å². The summed E-state index contributed by atoms with van der Waals surface area (Å²) in [6.45, 7) is 4.74. The number of rotatable bonds is 4. The van der Waals surface area contributed by atoms with Crippen LogP contribution >= 0.6 is 23.2 Å². The molecule has 0 aliphatic rings. The third-order valence-corrected chi connectivity index (χ3v) is 2.94. The lowest BCUT2D eigenvalue weighted by molar-refractivity contribution is 0.565. The van der Waals surface area contributed by atoms with Crippen LogP contribution in [0.2, 0.25) is 10.0 Å². The summed E-state index contributed by atoms with van der Waals surface area (Å²) in [6.07, 6.45) is 0.716. The van der Waals surface area contributed by atoms with Crippen LogP contribution in [0.15, 0.2) is 18.2 Å². The summed E-state index contributed by atoms with van der Waals surface area (Å²) in [6, 6.07) is 5.65. The molecule has 1 aromatic carbocycles. The van der Waals surface area contributed by atoms with Crippen LogP contribution < -0.4 is 5.32 Å². The Labute approximate surface area is 107 Å². The number of hydrogen-bond acceptors (Lipinski definition) is 1. The monoisotopic (exact) mass is 255 g/mol. The first-order chi connectivity index (χ1) is 7.70. The van der Waals surface area contributed by atoms with E-state index in [-0.39, 0.29) is 6.04 Å². The second-order valence-electron chi connectivity index (χ2n) is 3.38. The van der Waals surface area contributed by atoms with Gasteiger partial charge in [-0.25, -0.2) is 0 Å². The van der Waals surface area contributed by atoms with Crippen LogP contribution in [0.5, 0.6) is 0 Å². The normalized spacial score (nSPS) is 11.8. The highest BCUT2D eigenvalue weighted by molar-refractivity contribution is 6.36. The second-order valence-corrected chi connectivity index (χ2v) is 4.19. The minimum atomic E-state index is 0.0960. The van der Waals surface area contributed by atoms with Crippen molar-refractivity contribution in [3.8, 4) is 11.8 Å². The fourth-order valence-electron chi connectivity index (χ4n) is 1.57. The molecule has 86 valence electrons. The maximum atomic E-state index is 6.17. The Balaban J connectivity index is 3.02. The highest BCUT2D eigenvalue weighted by Crippen LogP contribution is 2.31.